The molecule has 1 aliphatic carbocycles. The van der Waals surface area contributed by atoms with Gasteiger partial charge in [-0.05, 0) is 37.5 Å². The van der Waals surface area contributed by atoms with Crippen molar-refractivity contribution < 1.29 is 9.13 Å². The molecule has 0 radical (unpaired) electrons. The fraction of sp³-hybridized carbons (Fsp3) is 0.385. The fourth-order valence-electron chi connectivity index (χ4n) is 2.08. The van der Waals surface area contributed by atoms with E-state index in [1.807, 2.05) is 11.6 Å². The van der Waals surface area contributed by atoms with E-state index in [0.29, 0.717) is 23.2 Å². The average Bonchev–Trinajstić information content (AvgIpc) is 3.06. The van der Waals surface area contributed by atoms with E-state index in [9.17, 15) is 4.39 Å². The number of hydrogen-bond acceptors (Lipinski definition) is 3. The Bertz CT molecular complexity index is 590. The predicted octanol–water partition coefficient (Wildman–Crippen LogP) is 2.74. The van der Waals surface area contributed by atoms with Crippen molar-refractivity contribution in [3.05, 3.63) is 29.8 Å². The van der Waals surface area contributed by atoms with Crippen LogP contribution in [0.15, 0.2) is 18.5 Å². The Balaban J connectivity index is 2.08. The van der Waals surface area contributed by atoms with Crippen LogP contribution in [0.25, 0.3) is 11.4 Å². The van der Waals surface area contributed by atoms with Crippen molar-refractivity contribution >= 4 is 0 Å². The lowest BCUT2D eigenvalue weighted by molar-refractivity contribution is 0.412. The summed E-state index contributed by atoms with van der Waals surface area (Å²) in [6, 6.07) is 3.32. The summed E-state index contributed by atoms with van der Waals surface area (Å²) in [7, 11) is 1.57. The van der Waals surface area contributed by atoms with Gasteiger partial charge in [0.2, 0.25) is 0 Å². The highest BCUT2D eigenvalue weighted by atomic mass is 19.1. The number of rotatable bonds is 3. The zero-order valence-corrected chi connectivity index (χ0v) is 10.4. The van der Waals surface area contributed by atoms with Crippen LogP contribution >= 0.6 is 0 Å². The second-order valence-electron chi connectivity index (χ2n) is 4.58. The first-order valence-electron chi connectivity index (χ1n) is 5.94. The number of aryl methyl sites for hydroxylation is 1. The minimum atomic E-state index is -0.300. The first-order chi connectivity index (χ1) is 8.69. The molecule has 1 saturated carbocycles. The predicted molar refractivity (Wildman–Crippen MR) is 65.0 cm³/mol. The van der Waals surface area contributed by atoms with Crippen molar-refractivity contribution in [1.29, 1.82) is 0 Å². The highest BCUT2D eigenvalue weighted by Gasteiger charge is 2.25. The average molecular weight is 247 g/mol. The molecule has 2 aromatic rings. The standard InChI is InChI=1S/C13H14FN3O/c1-8-5-9(14)6-11(12(8)18-2)13-15-7-17(16-13)10-3-4-10/h5-7,10H,3-4H2,1-2H3. The molecule has 1 aliphatic rings. The first kappa shape index (κ1) is 11.2. The van der Waals surface area contributed by atoms with Crippen molar-refractivity contribution in [2.24, 2.45) is 0 Å². The maximum atomic E-state index is 13.5. The number of hydrogen-bond donors (Lipinski definition) is 0. The SMILES string of the molecule is COc1c(C)cc(F)cc1-c1ncn(C2CC2)n1. The molecule has 5 heteroatoms. The molecule has 4 nitrogen and oxygen atoms in total. The van der Waals surface area contributed by atoms with Gasteiger partial charge in [-0.1, -0.05) is 0 Å². The van der Waals surface area contributed by atoms with Crippen molar-refractivity contribution in [2.45, 2.75) is 25.8 Å². The van der Waals surface area contributed by atoms with Gasteiger partial charge in [0, 0.05) is 0 Å². The molecule has 1 aromatic heterocycles. The molecule has 0 aliphatic heterocycles. The molecule has 0 saturated heterocycles. The summed E-state index contributed by atoms with van der Waals surface area (Å²) >= 11 is 0. The number of methoxy groups -OCH3 is 1. The van der Waals surface area contributed by atoms with Gasteiger partial charge in [0.1, 0.15) is 17.9 Å². The van der Waals surface area contributed by atoms with Crippen LogP contribution in [0.3, 0.4) is 0 Å². The van der Waals surface area contributed by atoms with E-state index < -0.39 is 0 Å². The molecule has 94 valence electrons. The first-order valence-corrected chi connectivity index (χ1v) is 5.94. The molecule has 0 amide bonds. The van der Waals surface area contributed by atoms with Crippen LogP contribution in [0.5, 0.6) is 5.75 Å². The molecule has 1 fully saturated rings. The summed E-state index contributed by atoms with van der Waals surface area (Å²) in [6.07, 6.45) is 3.98. The van der Waals surface area contributed by atoms with E-state index in [2.05, 4.69) is 10.1 Å². The Labute approximate surface area is 104 Å². The Morgan fingerprint density at radius 3 is 2.83 bits per heavy atom. The van der Waals surface area contributed by atoms with Crippen molar-refractivity contribution in [3.63, 3.8) is 0 Å². The third-order valence-electron chi connectivity index (χ3n) is 3.11. The van der Waals surface area contributed by atoms with Gasteiger partial charge in [-0.25, -0.2) is 14.1 Å². The second-order valence-corrected chi connectivity index (χ2v) is 4.58. The van der Waals surface area contributed by atoms with Crippen LogP contribution in [-0.4, -0.2) is 21.9 Å². The highest BCUT2D eigenvalue weighted by molar-refractivity contribution is 5.66. The lowest BCUT2D eigenvalue weighted by Gasteiger charge is -2.09. The Hall–Kier alpha value is -1.91. The van der Waals surface area contributed by atoms with Gasteiger partial charge in [0.05, 0.1) is 18.7 Å². The molecule has 1 heterocycles. The largest absolute Gasteiger partial charge is 0.496 e. The molecule has 18 heavy (non-hydrogen) atoms. The lowest BCUT2D eigenvalue weighted by Crippen LogP contribution is -1.97. The Kier molecular flexibility index (Phi) is 2.54. The van der Waals surface area contributed by atoms with Crippen LogP contribution in [0.2, 0.25) is 0 Å². The summed E-state index contributed by atoms with van der Waals surface area (Å²) in [4.78, 5) is 4.24. The van der Waals surface area contributed by atoms with Crippen LogP contribution in [0, 0.1) is 12.7 Å². The number of halogens is 1. The summed E-state index contributed by atoms with van der Waals surface area (Å²) in [6.45, 7) is 1.81. The van der Waals surface area contributed by atoms with E-state index in [0.717, 1.165) is 18.4 Å². The van der Waals surface area contributed by atoms with Crippen LogP contribution < -0.4 is 4.74 Å². The maximum absolute atomic E-state index is 13.5. The monoisotopic (exact) mass is 247 g/mol. The quantitative estimate of drug-likeness (QED) is 0.837. The number of benzene rings is 1. The second kappa shape index (κ2) is 4.08. The third kappa shape index (κ3) is 1.85. The van der Waals surface area contributed by atoms with E-state index in [-0.39, 0.29) is 5.82 Å². The van der Waals surface area contributed by atoms with Crippen molar-refractivity contribution in [2.75, 3.05) is 7.11 Å². The zero-order valence-electron chi connectivity index (χ0n) is 10.4. The summed E-state index contributed by atoms with van der Waals surface area (Å²) in [5.41, 5.74) is 1.35. The molecule has 0 atom stereocenters. The molecule has 0 N–H and O–H groups in total. The summed E-state index contributed by atoms with van der Waals surface area (Å²) in [5, 5.41) is 4.39. The minimum absolute atomic E-state index is 0.300. The number of aromatic nitrogens is 3. The summed E-state index contributed by atoms with van der Waals surface area (Å²) in [5.74, 6) is 0.845. The van der Waals surface area contributed by atoms with E-state index in [4.69, 9.17) is 4.74 Å². The van der Waals surface area contributed by atoms with Crippen molar-refractivity contribution in [1.82, 2.24) is 14.8 Å². The van der Waals surface area contributed by atoms with Crippen molar-refractivity contribution in [3.8, 4) is 17.1 Å². The maximum Gasteiger partial charge on any atom is 0.184 e. The molecule has 0 spiro atoms. The zero-order chi connectivity index (χ0) is 12.7. The van der Waals surface area contributed by atoms with Crippen LogP contribution in [0.1, 0.15) is 24.4 Å². The minimum Gasteiger partial charge on any atom is -0.496 e. The topological polar surface area (TPSA) is 39.9 Å². The van der Waals surface area contributed by atoms with E-state index in [1.165, 1.54) is 12.1 Å². The molecular formula is C13H14FN3O. The number of ether oxygens (including phenoxy) is 1. The molecule has 0 unspecified atom stereocenters. The van der Waals surface area contributed by atoms with Gasteiger partial charge in [0.25, 0.3) is 0 Å². The number of nitrogens with zero attached hydrogens (tertiary/aromatic N) is 3. The third-order valence-corrected chi connectivity index (χ3v) is 3.11. The van der Waals surface area contributed by atoms with Gasteiger partial charge in [-0.15, -0.1) is 0 Å². The van der Waals surface area contributed by atoms with Crippen LogP contribution in [-0.2, 0) is 0 Å². The normalized spacial score (nSPS) is 14.8. The van der Waals surface area contributed by atoms with Gasteiger partial charge >= 0.3 is 0 Å². The molecule has 0 bridgehead atoms. The molecule has 1 aromatic carbocycles. The van der Waals surface area contributed by atoms with Gasteiger partial charge < -0.3 is 4.74 Å². The molecular weight excluding hydrogens is 233 g/mol. The smallest absolute Gasteiger partial charge is 0.184 e. The fourth-order valence-corrected chi connectivity index (χ4v) is 2.08. The van der Waals surface area contributed by atoms with E-state index in [1.54, 1.807) is 13.4 Å². The van der Waals surface area contributed by atoms with E-state index >= 15 is 0 Å². The van der Waals surface area contributed by atoms with Gasteiger partial charge in [-0.3, -0.25) is 0 Å². The lowest BCUT2D eigenvalue weighted by atomic mass is 10.1. The Morgan fingerprint density at radius 1 is 1.39 bits per heavy atom. The van der Waals surface area contributed by atoms with Crippen LogP contribution in [0.4, 0.5) is 4.39 Å². The molecule has 3 rings (SSSR count). The van der Waals surface area contributed by atoms with Gasteiger partial charge in [-0.2, -0.15) is 5.10 Å². The van der Waals surface area contributed by atoms with Gasteiger partial charge in [0.15, 0.2) is 5.82 Å². The highest BCUT2D eigenvalue weighted by Crippen LogP contribution is 2.36. The summed E-state index contributed by atoms with van der Waals surface area (Å²) < 4.78 is 20.6. The Morgan fingerprint density at radius 2 is 2.17 bits per heavy atom.